The molecular weight excluding hydrogens is 98.0 g/mol. The molecule has 0 amide bonds. The Kier molecular flexibility index (Phi) is 2.67. The Balaban J connectivity index is 3.14. The molecule has 4 nitrogen and oxygen atoms in total. The Hall–Kier alpha value is -1.06. The summed E-state index contributed by atoms with van der Waals surface area (Å²) in [4.78, 5) is 13.0. The Morgan fingerprint density at radius 3 is 2.57 bits per heavy atom. The lowest BCUT2D eigenvalue weighted by Gasteiger charge is -1.80. The van der Waals surface area contributed by atoms with Crippen LogP contribution in [0.1, 0.15) is 6.92 Å². The average Bonchev–Trinajstić information content (AvgIpc) is 1.61. The normalized spacial score (nSPS) is 9.29. The maximum atomic E-state index is 9.29. The molecule has 0 aromatic heterocycles. The zero-order valence-electron chi connectivity index (χ0n) is 3.83. The summed E-state index contributed by atoms with van der Waals surface area (Å²) in [5, 5.41) is 8.42. The predicted octanol–water partition coefficient (Wildman–Crippen LogP) is 0.728. The molecule has 7 heavy (non-hydrogen) atoms. The van der Waals surface area contributed by atoms with Crippen molar-refractivity contribution >= 4 is 0 Å². The van der Waals surface area contributed by atoms with Crippen LogP contribution in [0.4, 0.5) is 0 Å². The third-order valence-corrected chi connectivity index (χ3v) is 0.283. The molecule has 0 N–H and O–H groups in total. The van der Waals surface area contributed by atoms with E-state index in [-0.39, 0.29) is 0 Å². The molecule has 0 bridgehead atoms. The minimum absolute atomic E-state index is 0.875. The van der Waals surface area contributed by atoms with E-state index in [0.717, 1.165) is 6.26 Å². The highest BCUT2D eigenvalue weighted by Crippen LogP contribution is 1.73. The van der Waals surface area contributed by atoms with E-state index >= 15 is 0 Å². The average molecular weight is 103 g/mol. The van der Waals surface area contributed by atoms with E-state index in [2.05, 4.69) is 4.84 Å². The van der Waals surface area contributed by atoms with Crippen LogP contribution in [0, 0.1) is 10.1 Å². The van der Waals surface area contributed by atoms with Gasteiger partial charge in [-0.3, -0.25) is 4.84 Å². The zero-order chi connectivity index (χ0) is 5.70. The molecule has 0 rings (SSSR count). The summed E-state index contributed by atoms with van der Waals surface area (Å²) in [5.41, 5.74) is 0. The van der Waals surface area contributed by atoms with Gasteiger partial charge in [0.2, 0.25) is 0 Å². The first-order chi connectivity index (χ1) is 3.27. The minimum atomic E-state index is -0.875. The first-order valence-corrected chi connectivity index (χ1v) is 1.69. The van der Waals surface area contributed by atoms with Crippen molar-refractivity contribution in [3.8, 4) is 0 Å². The maximum absolute atomic E-state index is 9.29. The van der Waals surface area contributed by atoms with Gasteiger partial charge in [-0.2, -0.15) is 0 Å². The molecule has 4 heteroatoms. The van der Waals surface area contributed by atoms with E-state index in [0.29, 0.717) is 0 Å². The quantitative estimate of drug-likeness (QED) is 0.294. The molecule has 0 aliphatic rings. The van der Waals surface area contributed by atoms with Crippen LogP contribution in [0.2, 0.25) is 0 Å². The van der Waals surface area contributed by atoms with Gasteiger partial charge in [0, 0.05) is 0 Å². The van der Waals surface area contributed by atoms with Crippen LogP contribution in [0.5, 0.6) is 0 Å². The summed E-state index contributed by atoms with van der Waals surface area (Å²) in [6, 6.07) is 0. The van der Waals surface area contributed by atoms with Gasteiger partial charge in [0.1, 0.15) is 0 Å². The van der Waals surface area contributed by atoms with Gasteiger partial charge >= 0.3 is 0 Å². The highest BCUT2D eigenvalue weighted by molar-refractivity contribution is 4.62. The van der Waals surface area contributed by atoms with E-state index in [1.165, 1.54) is 6.08 Å². The van der Waals surface area contributed by atoms with Crippen LogP contribution < -0.4 is 0 Å². The SMILES string of the molecule is CC=CO[N+](=O)[O-]. The molecule has 0 aliphatic heterocycles. The van der Waals surface area contributed by atoms with Crippen LogP contribution in [0.15, 0.2) is 12.3 Å². The van der Waals surface area contributed by atoms with E-state index in [9.17, 15) is 10.1 Å². The van der Waals surface area contributed by atoms with Gasteiger partial charge in [-0.15, -0.1) is 10.1 Å². The Bertz CT molecular complexity index is 88.2. The Labute approximate surface area is 40.5 Å². The van der Waals surface area contributed by atoms with Crippen molar-refractivity contribution in [1.82, 2.24) is 0 Å². The zero-order valence-corrected chi connectivity index (χ0v) is 3.83. The van der Waals surface area contributed by atoms with E-state index in [1.807, 2.05) is 0 Å². The summed E-state index contributed by atoms with van der Waals surface area (Å²) in [5.74, 6) is 0. The molecule has 0 radical (unpaired) electrons. The lowest BCUT2D eigenvalue weighted by atomic mass is 10.7. The fourth-order valence-corrected chi connectivity index (χ4v) is 0.111. The summed E-state index contributed by atoms with van der Waals surface area (Å²) in [6.45, 7) is 1.63. The second-order valence-corrected chi connectivity index (χ2v) is 0.798. The van der Waals surface area contributed by atoms with Crippen LogP contribution in [-0.2, 0) is 4.84 Å². The molecule has 0 atom stereocenters. The lowest BCUT2D eigenvalue weighted by molar-refractivity contribution is -0.737. The fourth-order valence-electron chi connectivity index (χ4n) is 0.111. The van der Waals surface area contributed by atoms with Crippen LogP contribution in [0.3, 0.4) is 0 Å². The minimum Gasteiger partial charge on any atom is -0.284 e. The van der Waals surface area contributed by atoms with E-state index in [4.69, 9.17) is 0 Å². The van der Waals surface area contributed by atoms with E-state index < -0.39 is 5.09 Å². The second kappa shape index (κ2) is 3.14. The topological polar surface area (TPSA) is 52.4 Å². The molecule has 0 aromatic carbocycles. The Morgan fingerprint density at radius 2 is 2.43 bits per heavy atom. The van der Waals surface area contributed by atoms with Crippen LogP contribution in [-0.4, -0.2) is 5.09 Å². The van der Waals surface area contributed by atoms with Gasteiger partial charge in [-0.05, 0) is 6.92 Å². The lowest BCUT2D eigenvalue weighted by Crippen LogP contribution is -1.90. The molecule has 0 aliphatic carbocycles. The van der Waals surface area contributed by atoms with Gasteiger partial charge in [-0.1, -0.05) is 6.08 Å². The van der Waals surface area contributed by atoms with Crippen molar-refractivity contribution in [2.45, 2.75) is 6.92 Å². The highest BCUT2D eigenvalue weighted by Gasteiger charge is 1.82. The van der Waals surface area contributed by atoms with Gasteiger partial charge in [0.15, 0.2) is 0 Å². The first kappa shape index (κ1) is 5.94. The third-order valence-electron chi connectivity index (χ3n) is 0.283. The summed E-state index contributed by atoms with van der Waals surface area (Å²) < 4.78 is 0. The smallest absolute Gasteiger partial charge is 0.284 e. The number of hydrogen-bond donors (Lipinski definition) is 0. The third kappa shape index (κ3) is 4.94. The van der Waals surface area contributed by atoms with Gasteiger partial charge in [0.05, 0.1) is 6.26 Å². The number of allylic oxidation sites excluding steroid dienone is 1. The molecule has 0 spiro atoms. The molecular formula is C3H5NO3. The number of hydrogen-bond acceptors (Lipinski definition) is 3. The molecule has 0 saturated heterocycles. The molecule has 40 valence electrons. The van der Waals surface area contributed by atoms with Gasteiger partial charge in [-0.25, -0.2) is 0 Å². The fraction of sp³-hybridized carbons (Fsp3) is 0.333. The van der Waals surface area contributed by atoms with Crippen molar-refractivity contribution in [2.75, 3.05) is 0 Å². The van der Waals surface area contributed by atoms with E-state index in [1.54, 1.807) is 6.92 Å². The molecule has 0 unspecified atom stereocenters. The molecule has 0 heterocycles. The van der Waals surface area contributed by atoms with Crippen LogP contribution in [0.25, 0.3) is 0 Å². The number of nitrogens with zero attached hydrogens (tertiary/aromatic N) is 1. The first-order valence-electron chi connectivity index (χ1n) is 1.69. The summed E-state index contributed by atoms with van der Waals surface area (Å²) in [7, 11) is 0. The van der Waals surface area contributed by atoms with Crippen molar-refractivity contribution in [3.05, 3.63) is 22.5 Å². The standard InChI is InChI=1S/C3H5NO3/c1-2-3-7-4(5)6/h2-3H,1H3. The summed E-state index contributed by atoms with van der Waals surface area (Å²) >= 11 is 0. The monoisotopic (exact) mass is 103 g/mol. The molecule has 0 saturated carbocycles. The predicted molar refractivity (Wildman–Crippen MR) is 22.9 cm³/mol. The Morgan fingerprint density at radius 1 is 1.86 bits per heavy atom. The number of rotatable bonds is 2. The van der Waals surface area contributed by atoms with Crippen molar-refractivity contribution < 1.29 is 9.92 Å². The molecule has 0 aromatic rings. The largest absolute Gasteiger partial charge is 0.299 e. The second-order valence-electron chi connectivity index (χ2n) is 0.798. The van der Waals surface area contributed by atoms with Crippen molar-refractivity contribution in [1.29, 1.82) is 0 Å². The van der Waals surface area contributed by atoms with Crippen molar-refractivity contribution in [2.24, 2.45) is 0 Å². The highest BCUT2D eigenvalue weighted by atomic mass is 16.9. The van der Waals surface area contributed by atoms with Crippen LogP contribution >= 0.6 is 0 Å². The summed E-state index contributed by atoms with van der Waals surface area (Å²) in [6.07, 6.45) is 2.43. The maximum Gasteiger partial charge on any atom is 0.299 e. The van der Waals surface area contributed by atoms with Gasteiger partial charge in [0.25, 0.3) is 5.09 Å². The molecule has 0 fully saturated rings. The van der Waals surface area contributed by atoms with Crippen molar-refractivity contribution in [3.63, 3.8) is 0 Å². The van der Waals surface area contributed by atoms with Gasteiger partial charge < -0.3 is 0 Å².